The van der Waals surface area contributed by atoms with Crippen LogP contribution in [0.2, 0.25) is 0 Å². The second-order valence-corrected chi connectivity index (χ2v) is 13.9. The van der Waals surface area contributed by atoms with E-state index in [1.54, 1.807) is 28.4 Å². The van der Waals surface area contributed by atoms with Gasteiger partial charge in [-0.2, -0.15) is 0 Å². The van der Waals surface area contributed by atoms with Gasteiger partial charge in [-0.15, -0.1) is 0 Å². The topological polar surface area (TPSA) is 36.9 Å². The van der Waals surface area contributed by atoms with Gasteiger partial charge in [-0.3, -0.25) is 0 Å². The standard InChI is InChI=1S/C50H48O4/c1-51-44-24-12-38(13-25-44)48(39-14-26-45(52-2)27-15-39)34-36-8-20-42(21-9-36)50(32-6-5-7-33-50)43-22-10-37(11-23-43)35-49(40-16-28-46(53-3)29-17-40)41-18-30-47(54-4)31-19-41/h8-31,34-35H,5-7,32-33H2,1-4H3. The number of benzene rings is 6. The van der Waals surface area contributed by atoms with Gasteiger partial charge in [0.2, 0.25) is 0 Å². The summed E-state index contributed by atoms with van der Waals surface area (Å²) in [7, 11) is 6.80. The van der Waals surface area contributed by atoms with E-state index in [9.17, 15) is 0 Å². The van der Waals surface area contributed by atoms with E-state index in [1.807, 2.05) is 48.5 Å². The van der Waals surface area contributed by atoms with Gasteiger partial charge in [-0.05, 0) is 129 Å². The minimum atomic E-state index is -0.0215. The summed E-state index contributed by atoms with van der Waals surface area (Å²) in [5.41, 5.74) is 11.9. The van der Waals surface area contributed by atoms with Crippen LogP contribution in [-0.4, -0.2) is 28.4 Å². The van der Waals surface area contributed by atoms with Crippen LogP contribution in [0.1, 0.15) is 76.6 Å². The van der Waals surface area contributed by atoms with Crippen LogP contribution in [-0.2, 0) is 5.41 Å². The summed E-state index contributed by atoms with van der Waals surface area (Å²) in [5.74, 6) is 3.37. The maximum absolute atomic E-state index is 5.45. The van der Waals surface area contributed by atoms with E-state index in [-0.39, 0.29) is 5.41 Å². The third kappa shape index (κ3) is 7.99. The Labute approximate surface area is 320 Å². The van der Waals surface area contributed by atoms with Crippen LogP contribution in [0, 0.1) is 0 Å². The zero-order valence-corrected chi connectivity index (χ0v) is 31.7. The Kier molecular flexibility index (Phi) is 11.3. The summed E-state index contributed by atoms with van der Waals surface area (Å²) < 4.78 is 21.8. The molecule has 1 saturated carbocycles. The van der Waals surface area contributed by atoms with Gasteiger partial charge in [-0.25, -0.2) is 0 Å². The van der Waals surface area contributed by atoms with Crippen LogP contribution < -0.4 is 18.9 Å². The Morgan fingerprint density at radius 1 is 0.370 bits per heavy atom. The molecule has 0 aliphatic heterocycles. The van der Waals surface area contributed by atoms with Gasteiger partial charge in [0.25, 0.3) is 0 Å². The predicted molar refractivity (Wildman–Crippen MR) is 223 cm³/mol. The molecule has 4 heteroatoms. The van der Waals surface area contributed by atoms with E-state index < -0.39 is 0 Å². The molecule has 0 radical (unpaired) electrons. The summed E-state index contributed by atoms with van der Waals surface area (Å²) in [5, 5.41) is 0. The molecule has 0 N–H and O–H groups in total. The second-order valence-electron chi connectivity index (χ2n) is 13.9. The average Bonchev–Trinajstić information content (AvgIpc) is 3.25. The van der Waals surface area contributed by atoms with Crippen molar-refractivity contribution in [3.05, 3.63) is 190 Å². The lowest BCUT2D eigenvalue weighted by molar-refractivity contribution is 0.346. The molecular formula is C50H48O4. The minimum Gasteiger partial charge on any atom is -0.497 e. The fourth-order valence-electron chi connectivity index (χ4n) is 7.78. The van der Waals surface area contributed by atoms with Gasteiger partial charge in [0.05, 0.1) is 28.4 Å². The number of rotatable bonds is 12. The van der Waals surface area contributed by atoms with Crippen molar-refractivity contribution in [1.29, 1.82) is 0 Å². The van der Waals surface area contributed by atoms with E-state index in [2.05, 4.69) is 109 Å². The molecule has 1 fully saturated rings. The van der Waals surface area contributed by atoms with Crippen molar-refractivity contribution < 1.29 is 18.9 Å². The Bertz CT molecular complexity index is 1920. The Balaban J connectivity index is 1.22. The zero-order chi connectivity index (χ0) is 37.3. The third-order valence-electron chi connectivity index (χ3n) is 10.9. The highest BCUT2D eigenvalue weighted by Gasteiger charge is 2.35. The fourth-order valence-corrected chi connectivity index (χ4v) is 7.78. The molecule has 0 heterocycles. The van der Waals surface area contributed by atoms with Crippen molar-refractivity contribution in [3.63, 3.8) is 0 Å². The molecule has 272 valence electrons. The number of ether oxygens (including phenoxy) is 4. The highest BCUT2D eigenvalue weighted by molar-refractivity contribution is 5.92. The molecule has 54 heavy (non-hydrogen) atoms. The third-order valence-corrected chi connectivity index (χ3v) is 10.9. The number of hydrogen-bond donors (Lipinski definition) is 0. The molecule has 0 amide bonds. The monoisotopic (exact) mass is 712 g/mol. The molecule has 0 saturated heterocycles. The first-order valence-corrected chi connectivity index (χ1v) is 18.7. The average molecular weight is 713 g/mol. The van der Waals surface area contributed by atoms with Crippen LogP contribution in [0.15, 0.2) is 146 Å². The second kappa shape index (κ2) is 16.8. The normalized spacial score (nSPS) is 13.3. The van der Waals surface area contributed by atoms with Gasteiger partial charge in [0.1, 0.15) is 23.0 Å². The molecule has 6 aromatic carbocycles. The Hall–Kier alpha value is -6.00. The summed E-state index contributed by atoms with van der Waals surface area (Å²) in [6.45, 7) is 0. The summed E-state index contributed by atoms with van der Waals surface area (Å²) in [4.78, 5) is 0. The van der Waals surface area contributed by atoms with Crippen LogP contribution in [0.4, 0.5) is 0 Å². The smallest absolute Gasteiger partial charge is 0.118 e. The lowest BCUT2D eigenvalue weighted by Crippen LogP contribution is -2.30. The Morgan fingerprint density at radius 2 is 0.648 bits per heavy atom. The molecule has 0 spiro atoms. The van der Waals surface area contributed by atoms with E-state index in [1.165, 1.54) is 30.4 Å². The summed E-state index contributed by atoms with van der Waals surface area (Å²) >= 11 is 0. The molecule has 7 rings (SSSR count). The van der Waals surface area contributed by atoms with Gasteiger partial charge >= 0.3 is 0 Å². The van der Waals surface area contributed by atoms with Crippen LogP contribution >= 0.6 is 0 Å². The van der Waals surface area contributed by atoms with Crippen molar-refractivity contribution in [1.82, 2.24) is 0 Å². The van der Waals surface area contributed by atoms with Gasteiger partial charge in [-0.1, -0.05) is 116 Å². The molecule has 1 aliphatic rings. The SMILES string of the molecule is COc1ccc(C(=Cc2ccc(C3(c4ccc(C=C(c5ccc(OC)cc5)c5ccc(OC)cc5)cc4)CCCCC3)cc2)c2ccc(OC)cc2)cc1. The van der Waals surface area contributed by atoms with Crippen molar-refractivity contribution in [2.24, 2.45) is 0 Å². The van der Waals surface area contributed by atoms with Crippen molar-refractivity contribution in [3.8, 4) is 23.0 Å². The van der Waals surface area contributed by atoms with E-state index in [0.29, 0.717) is 0 Å². The maximum Gasteiger partial charge on any atom is 0.118 e. The molecule has 1 aliphatic carbocycles. The first kappa shape index (κ1) is 36.4. The molecular weight excluding hydrogens is 665 g/mol. The number of hydrogen-bond acceptors (Lipinski definition) is 4. The molecule has 0 aromatic heterocycles. The largest absolute Gasteiger partial charge is 0.497 e. The molecule has 0 atom stereocenters. The molecule has 0 bridgehead atoms. The minimum absolute atomic E-state index is 0.0215. The highest BCUT2D eigenvalue weighted by Crippen LogP contribution is 2.45. The van der Waals surface area contributed by atoms with Crippen LogP contribution in [0.5, 0.6) is 23.0 Å². The van der Waals surface area contributed by atoms with Crippen molar-refractivity contribution >= 4 is 23.3 Å². The quantitative estimate of drug-likeness (QED) is 0.118. The predicted octanol–water partition coefficient (Wildman–Crippen LogP) is 12.1. The molecule has 6 aromatic rings. The highest BCUT2D eigenvalue weighted by atomic mass is 16.5. The maximum atomic E-state index is 5.45. The Morgan fingerprint density at radius 3 is 0.907 bits per heavy atom. The van der Waals surface area contributed by atoms with E-state index >= 15 is 0 Å². The van der Waals surface area contributed by atoms with Crippen molar-refractivity contribution in [2.75, 3.05) is 28.4 Å². The molecule has 4 nitrogen and oxygen atoms in total. The lowest BCUT2D eigenvalue weighted by Gasteiger charge is -2.39. The number of methoxy groups -OCH3 is 4. The van der Waals surface area contributed by atoms with Crippen LogP contribution in [0.25, 0.3) is 23.3 Å². The lowest BCUT2D eigenvalue weighted by atomic mass is 9.65. The zero-order valence-electron chi connectivity index (χ0n) is 31.7. The first-order chi connectivity index (χ1) is 26.5. The first-order valence-electron chi connectivity index (χ1n) is 18.7. The summed E-state index contributed by atoms with van der Waals surface area (Å²) in [6, 6.07) is 51.7. The van der Waals surface area contributed by atoms with Gasteiger partial charge in [0, 0.05) is 5.41 Å². The van der Waals surface area contributed by atoms with Gasteiger partial charge in [0.15, 0.2) is 0 Å². The van der Waals surface area contributed by atoms with Crippen LogP contribution in [0.3, 0.4) is 0 Å². The summed E-state index contributed by atoms with van der Waals surface area (Å²) in [6.07, 6.45) is 10.6. The molecule has 0 unspecified atom stereocenters. The van der Waals surface area contributed by atoms with E-state index in [0.717, 1.165) is 80.4 Å². The van der Waals surface area contributed by atoms with E-state index in [4.69, 9.17) is 18.9 Å². The fraction of sp³-hybridized carbons (Fsp3) is 0.200. The van der Waals surface area contributed by atoms with Gasteiger partial charge < -0.3 is 18.9 Å². The van der Waals surface area contributed by atoms with Crippen molar-refractivity contribution in [2.45, 2.75) is 37.5 Å².